The van der Waals surface area contributed by atoms with Gasteiger partial charge in [-0.1, -0.05) is 18.2 Å². The molecule has 0 aromatic heterocycles. The highest BCUT2D eigenvalue weighted by Gasteiger charge is 2.35. The van der Waals surface area contributed by atoms with E-state index in [9.17, 15) is 4.79 Å². The van der Waals surface area contributed by atoms with E-state index in [2.05, 4.69) is 5.32 Å². The molecule has 5 heteroatoms. The summed E-state index contributed by atoms with van der Waals surface area (Å²) in [4.78, 5) is 13.8. The summed E-state index contributed by atoms with van der Waals surface area (Å²) in [7, 11) is 0. The Bertz CT molecular complexity index is 422. The molecule has 0 radical (unpaired) electrons. The molecule has 3 nitrogen and oxygen atoms in total. The van der Waals surface area contributed by atoms with Crippen LogP contribution in [0.4, 0.5) is 5.69 Å². The number of nitrogens with one attached hydrogen (secondary N) is 1. The molecule has 1 atom stereocenters. The average molecular weight is 266 g/mol. The van der Waals surface area contributed by atoms with Crippen molar-refractivity contribution >= 4 is 40.7 Å². The zero-order valence-electron chi connectivity index (χ0n) is 9.55. The smallest absolute Gasteiger partial charge is 0.255 e. The van der Waals surface area contributed by atoms with Crippen molar-refractivity contribution in [2.75, 3.05) is 16.9 Å². The maximum atomic E-state index is 12.2. The molecule has 1 aliphatic rings. The number of benzene rings is 1. The van der Waals surface area contributed by atoms with Gasteiger partial charge in [0.1, 0.15) is 6.04 Å². The Morgan fingerprint density at radius 1 is 1.41 bits per heavy atom. The number of hydrogen-bond acceptors (Lipinski definition) is 3. The summed E-state index contributed by atoms with van der Waals surface area (Å²) in [5, 5.41) is 3.59. The number of thiocarbonyl (C=S) groups is 1. The second-order valence-electron chi connectivity index (χ2n) is 3.79. The average Bonchev–Trinajstić information content (AvgIpc) is 2.63. The summed E-state index contributed by atoms with van der Waals surface area (Å²) < 4.78 is 0. The third-order valence-corrected chi connectivity index (χ3v) is 3.59. The molecule has 1 amide bonds. The van der Waals surface area contributed by atoms with E-state index in [0.29, 0.717) is 5.11 Å². The van der Waals surface area contributed by atoms with Crippen LogP contribution in [0.5, 0.6) is 0 Å². The lowest BCUT2D eigenvalue weighted by Gasteiger charge is -2.14. The number of hydrogen-bond donors (Lipinski definition) is 1. The first kappa shape index (κ1) is 12.4. The van der Waals surface area contributed by atoms with Gasteiger partial charge in [-0.2, -0.15) is 11.8 Å². The molecule has 1 unspecified atom stereocenters. The molecular weight excluding hydrogens is 252 g/mol. The number of anilines is 1. The van der Waals surface area contributed by atoms with Crippen LogP contribution in [0.15, 0.2) is 30.3 Å². The van der Waals surface area contributed by atoms with Crippen molar-refractivity contribution in [3.63, 3.8) is 0 Å². The van der Waals surface area contributed by atoms with Gasteiger partial charge >= 0.3 is 0 Å². The molecule has 1 aromatic carbocycles. The van der Waals surface area contributed by atoms with Crippen LogP contribution in [0.1, 0.15) is 6.42 Å². The number of para-hydroxylation sites is 1. The normalized spacial score (nSPS) is 19.6. The minimum Gasteiger partial charge on any atom is -0.350 e. The van der Waals surface area contributed by atoms with Gasteiger partial charge in [-0.25, -0.2) is 0 Å². The van der Waals surface area contributed by atoms with E-state index in [-0.39, 0.29) is 11.9 Å². The molecule has 0 saturated carbocycles. The van der Waals surface area contributed by atoms with Crippen molar-refractivity contribution in [2.45, 2.75) is 12.5 Å². The van der Waals surface area contributed by atoms with E-state index in [4.69, 9.17) is 12.2 Å². The minimum absolute atomic E-state index is 0.0512. The molecule has 0 aliphatic carbocycles. The molecule has 2 rings (SSSR count). The first-order valence-corrected chi connectivity index (χ1v) is 7.22. The standard InChI is InChI=1S/C12H14N2OS2/c1-17-8-7-10-11(15)14(12(16)13-10)9-5-3-2-4-6-9/h2-6,10H,7-8H2,1H3,(H,13,16). The SMILES string of the molecule is CSCCC1NC(=S)N(c2ccccc2)C1=O. The summed E-state index contributed by atoms with van der Waals surface area (Å²) in [6.07, 6.45) is 2.84. The van der Waals surface area contributed by atoms with Crippen LogP contribution < -0.4 is 10.2 Å². The van der Waals surface area contributed by atoms with E-state index in [1.165, 1.54) is 0 Å². The summed E-state index contributed by atoms with van der Waals surface area (Å²) in [5.74, 6) is 1.00. The molecule has 1 aliphatic heterocycles. The van der Waals surface area contributed by atoms with Gasteiger partial charge in [-0.05, 0) is 42.8 Å². The van der Waals surface area contributed by atoms with Crippen LogP contribution in [0.25, 0.3) is 0 Å². The quantitative estimate of drug-likeness (QED) is 0.845. The summed E-state index contributed by atoms with van der Waals surface area (Å²) >= 11 is 6.95. The largest absolute Gasteiger partial charge is 0.350 e. The Morgan fingerprint density at radius 3 is 2.76 bits per heavy atom. The van der Waals surface area contributed by atoms with Gasteiger partial charge in [0.05, 0.1) is 5.69 Å². The number of rotatable bonds is 4. The molecule has 1 heterocycles. The van der Waals surface area contributed by atoms with Gasteiger partial charge in [-0.15, -0.1) is 0 Å². The van der Waals surface area contributed by atoms with E-state index >= 15 is 0 Å². The zero-order valence-corrected chi connectivity index (χ0v) is 11.2. The van der Waals surface area contributed by atoms with Crippen molar-refractivity contribution in [1.29, 1.82) is 0 Å². The van der Waals surface area contributed by atoms with Gasteiger partial charge in [0, 0.05) is 0 Å². The van der Waals surface area contributed by atoms with Crippen LogP contribution in [0.2, 0.25) is 0 Å². The summed E-state index contributed by atoms with van der Waals surface area (Å²) in [6.45, 7) is 0. The topological polar surface area (TPSA) is 32.3 Å². The fourth-order valence-electron chi connectivity index (χ4n) is 1.78. The molecule has 90 valence electrons. The first-order chi connectivity index (χ1) is 8.24. The number of amides is 1. The maximum absolute atomic E-state index is 12.2. The number of carbonyl (C=O) groups excluding carboxylic acids is 1. The fourth-order valence-corrected chi connectivity index (χ4v) is 2.59. The maximum Gasteiger partial charge on any atom is 0.255 e. The second kappa shape index (κ2) is 5.51. The number of thioether (sulfide) groups is 1. The Kier molecular flexibility index (Phi) is 4.02. The van der Waals surface area contributed by atoms with Crippen LogP contribution >= 0.6 is 24.0 Å². The Labute approximate surface area is 111 Å². The van der Waals surface area contributed by atoms with Gasteiger partial charge < -0.3 is 5.32 Å². The second-order valence-corrected chi connectivity index (χ2v) is 5.17. The first-order valence-electron chi connectivity index (χ1n) is 5.42. The van der Waals surface area contributed by atoms with Crippen molar-refractivity contribution in [3.8, 4) is 0 Å². The Morgan fingerprint density at radius 2 is 2.12 bits per heavy atom. The van der Waals surface area contributed by atoms with Crippen LogP contribution in [-0.4, -0.2) is 29.1 Å². The summed E-state index contributed by atoms with van der Waals surface area (Å²) in [5.41, 5.74) is 0.835. The van der Waals surface area contributed by atoms with Crippen LogP contribution in [0, 0.1) is 0 Å². The van der Waals surface area contributed by atoms with Gasteiger partial charge in [0.15, 0.2) is 5.11 Å². The predicted molar refractivity (Wildman–Crippen MR) is 76.4 cm³/mol. The highest BCUT2D eigenvalue weighted by molar-refractivity contribution is 7.98. The zero-order chi connectivity index (χ0) is 12.3. The lowest BCUT2D eigenvalue weighted by Crippen LogP contribution is -2.31. The fraction of sp³-hybridized carbons (Fsp3) is 0.333. The molecule has 0 bridgehead atoms. The van der Waals surface area contributed by atoms with E-state index < -0.39 is 0 Å². The van der Waals surface area contributed by atoms with E-state index in [1.54, 1.807) is 16.7 Å². The number of nitrogens with zero attached hydrogens (tertiary/aromatic N) is 1. The number of carbonyl (C=O) groups is 1. The lowest BCUT2D eigenvalue weighted by molar-refractivity contribution is -0.118. The van der Waals surface area contributed by atoms with Gasteiger partial charge in [0.25, 0.3) is 5.91 Å². The van der Waals surface area contributed by atoms with Crippen molar-refractivity contribution in [3.05, 3.63) is 30.3 Å². The summed E-state index contributed by atoms with van der Waals surface area (Å²) in [6, 6.07) is 9.34. The highest BCUT2D eigenvalue weighted by atomic mass is 32.2. The highest BCUT2D eigenvalue weighted by Crippen LogP contribution is 2.20. The van der Waals surface area contributed by atoms with Crippen molar-refractivity contribution in [2.24, 2.45) is 0 Å². The van der Waals surface area contributed by atoms with Crippen molar-refractivity contribution in [1.82, 2.24) is 5.32 Å². The molecular formula is C12H14N2OS2. The molecule has 0 spiro atoms. The van der Waals surface area contributed by atoms with E-state index in [0.717, 1.165) is 17.9 Å². The van der Waals surface area contributed by atoms with Crippen LogP contribution in [0.3, 0.4) is 0 Å². The molecule has 1 N–H and O–H groups in total. The third-order valence-electron chi connectivity index (χ3n) is 2.64. The van der Waals surface area contributed by atoms with E-state index in [1.807, 2.05) is 36.6 Å². The van der Waals surface area contributed by atoms with Crippen molar-refractivity contribution < 1.29 is 4.79 Å². The third kappa shape index (κ3) is 2.61. The lowest BCUT2D eigenvalue weighted by atomic mass is 10.2. The molecule has 1 saturated heterocycles. The monoisotopic (exact) mass is 266 g/mol. The Balaban J connectivity index is 2.15. The Hall–Kier alpha value is -1.07. The minimum atomic E-state index is -0.171. The predicted octanol–water partition coefficient (Wildman–Crippen LogP) is 2.03. The molecule has 1 aromatic rings. The van der Waals surface area contributed by atoms with Gasteiger partial charge in [-0.3, -0.25) is 9.69 Å². The molecule has 1 fully saturated rings. The molecule has 17 heavy (non-hydrogen) atoms. The van der Waals surface area contributed by atoms with Crippen LogP contribution in [-0.2, 0) is 4.79 Å². The van der Waals surface area contributed by atoms with Gasteiger partial charge in [0.2, 0.25) is 0 Å².